The minimum absolute atomic E-state index is 0.00652. The number of carbonyl (C=O) groups is 3. The molecule has 13 nitrogen and oxygen atoms in total. The van der Waals surface area contributed by atoms with Crippen LogP contribution in [0.1, 0.15) is 43.6 Å². The zero-order valence-corrected chi connectivity index (χ0v) is 23.4. The third-order valence-electron chi connectivity index (χ3n) is 6.73. The molecule has 2 aliphatic heterocycles. The van der Waals surface area contributed by atoms with Crippen LogP contribution in [-0.2, 0) is 18.7 Å². The highest BCUT2D eigenvalue weighted by atomic mass is 32.2. The molecule has 39 heavy (non-hydrogen) atoms. The lowest BCUT2D eigenvalue weighted by molar-refractivity contribution is -0.127. The van der Waals surface area contributed by atoms with Gasteiger partial charge in [-0.05, 0) is 43.4 Å². The van der Waals surface area contributed by atoms with E-state index in [0.717, 1.165) is 11.8 Å². The fourth-order valence-corrected chi connectivity index (χ4v) is 6.53. The van der Waals surface area contributed by atoms with Crippen molar-refractivity contribution in [1.29, 1.82) is 0 Å². The van der Waals surface area contributed by atoms with Gasteiger partial charge in [-0.3, -0.25) is 18.9 Å². The second-order valence-corrected chi connectivity index (χ2v) is 12.6. The number of nitrogens with one attached hydrogen (secondary N) is 4. The first-order valence-electron chi connectivity index (χ1n) is 12.5. The number of aromatic nitrogens is 1. The molecule has 2 fully saturated rings. The molecule has 3 heterocycles. The third kappa shape index (κ3) is 6.94. The third-order valence-corrected chi connectivity index (χ3v) is 8.65. The van der Waals surface area contributed by atoms with Crippen molar-refractivity contribution >= 4 is 48.2 Å². The molecular weight excluding hydrogens is 551 g/mol. The Labute approximate surface area is 229 Å². The van der Waals surface area contributed by atoms with Gasteiger partial charge in [0, 0.05) is 23.4 Å². The number of ether oxygens (including phenoxy) is 1. The zero-order valence-electron chi connectivity index (χ0n) is 21.7. The first-order valence-corrected chi connectivity index (χ1v) is 14.9. The second-order valence-electron chi connectivity index (χ2n) is 10.1. The minimum atomic E-state index is -4.91. The number of phosphoric acid groups is 1. The van der Waals surface area contributed by atoms with Crippen LogP contribution in [0.15, 0.2) is 24.3 Å². The van der Waals surface area contributed by atoms with Crippen molar-refractivity contribution in [2.75, 3.05) is 13.7 Å². The smallest absolute Gasteiger partial charge is 0.470 e. The van der Waals surface area contributed by atoms with E-state index in [4.69, 9.17) is 4.74 Å². The van der Waals surface area contributed by atoms with Crippen molar-refractivity contribution in [1.82, 2.24) is 20.9 Å². The first-order chi connectivity index (χ1) is 18.3. The molecule has 7 N–H and O–H groups in total. The quantitative estimate of drug-likeness (QED) is 0.140. The fourth-order valence-electron chi connectivity index (χ4n) is 4.73. The molecule has 0 bridgehead atoms. The SMILES string of the molecule is COc1cccc2[nH]c(C(=O)N[C@@H](CC(C)C)C(=O)N[C@@H](C[C@@H]3CCNC3=O)[C@@]3(O)S[C@H]3OP(=O)(O)O)cc12. The Morgan fingerprint density at radius 2 is 2.03 bits per heavy atom. The first kappa shape index (κ1) is 29.4. The summed E-state index contributed by atoms with van der Waals surface area (Å²) in [7, 11) is -3.39. The summed E-state index contributed by atoms with van der Waals surface area (Å²) in [5, 5.41) is 20.0. The standard InChI is InChI=1S/C24H33N4O9PS/c1-12(2)9-16(27-21(30)17-11-14-15(26-17)5-4-6-18(14)36-3)22(31)28-19(10-13-7-8-25-20(13)29)24(32)23(39-24)37-38(33,34)35/h4-6,11-13,16,19,23,26,32H,7-10H2,1-3H3,(H,25,29)(H,27,30)(H,28,31)(H2,33,34,35)/t13-,16-,19-,23+,24+/m0/s1. The Hall–Kier alpha value is -2.61. The van der Waals surface area contributed by atoms with Gasteiger partial charge in [0.2, 0.25) is 11.8 Å². The number of fused-ring (bicyclic) bond motifs is 1. The molecule has 1 aromatic heterocycles. The van der Waals surface area contributed by atoms with E-state index in [1.165, 1.54) is 7.11 Å². The van der Waals surface area contributed by atoms with Crippen LogP contribution >= 0.6 is 19.6 Å². The van der Waals surface area contributed by atoms with E-state index in [0.29, 0.717) is 29.6 Å². The summed E-state index contributed by atoms with van der Waals surface area (Å²) < 4.78 is 21.3. The van der Waals surface area contributed by atoms with Gasteiger partial charge in [-0.1, -0.05) is 31.7 Å². The van der Waals surface area contributed by atoms with Crippen molar-refractivity contribution in [3.8, 4) is 5.75 Å². The van der Waals surface area contributed by atoms with Crippen LogP contribution in [0.2, 0.25) is 0 Å². The number of benzene rings is 1. The summed E-state index contributed by atoms with van der Waals surface area (Å²) in [5.41, 5.74) is -0.391. The van der Waals surface area contributed by atoms with Crippen molar-refractivity contribution in [2.24, 2.45) is 11.8 Å². The fraction of sp³-hybridized carbons (Fsp3) is 0.542. The molecule has 214 valence electrons. The van der Waals surface area contributed by atoms with Crippen molar-refractivity contribution in [3.05, 3.63) is 30.0 Å². The summed E-state index contributed by atoms with van der Waals surface area (Å²) in [5.74, 6) is -1.30. The number of methoxy groups -OCH3 is 1. The molecule has 5 atom stereocenters. The molecule has 2 aromatic rings. The lowest BCUT2D eigenvalue weighted by Crippen LogP contribution is -2.55. The number of phosphoric ester groups is 1. The van der Waals surface area contributed by atoms with Crippen LogP contribution in [0, 0.1) is 11.8 Å². The predicted octanol–water partition coefficient (Wildman–Crippen LogP) is 1.20. The van der Waals surface area contributed by atoms with Crippen LogP contribution < -0.4 is 20.7 Å². The van der Waals surface area contributed by atoms with Gasteiger partial charge in [-0.25, -0.2) is 4.57 Å². The number of hydrogen-bond donors (Lipinski definition) is 7. The van der Waals surface area contributed by atoms with Crippen molar-refractivity contribution in [2.45, 2.75) is 55.6 Å². The summed E-state index contributed by atoms with van der Waals surface area (Å²) in [6, 6.07) is 4.89. The molecule has 15 heteroatoms. The van der Waals surface area contributed by atoms with E-state index in [2.05, 4.69) is 25.5 Å². The maximum Gasteiger partial charge on any atom is 0.470 e. The van der Waals surface area contributed by atoms with Gasteiger partial charge in [0.25, 0.3) is 5.91 Å². The van der Waals surface area contributed by atoms with Crippen LogP contribution in [0.3, 0.4) is 0 Å². The van der Waals surface area contributed by atoms with Crippen LogP contribution in [0.4, 0.5) is 0 Å². The molecule has 2 aliphatic rings. The molecule has 0 radical (unpaired) electrons. The van der Waals surface area contributed by atoms with Gasteiger partial charge in [0.1, 0.15) is 17.5 Å². The van der Waals surface area contributed by atoms with Gasteiger partial charge >= 0.3 is 7.82 Å². The number of rotatable bonds is 12. The normalized spacial score (nSPS) is 24.3. The molecule has 0 saturated carbocycles. The summed E-state index contributed by atoms with van der Waals surface area (Å²) >= 11 is 0.733. The Balaban J connectivity index is 1.53. The highest BCUT2D eigenvalue weighted by Crippen LogP contribution is 2.60. The number of thioether (sulfide) groups is 1. The summed E-state index contributed by atoms with van der Waals surface area (Å²) in [4.78, 5) is 58.4. The average Bonchev–Trinajstić information content (AvgIpc) is 3.17. The molecule has 4 rings (SSSR count). The zero-order chi connectivity index (χ0) is 28.5. The van der Waals surface area contributed by atoms with E-state index in [9.17, 15) is 33.8 Å². The molecule has 3 amide bonds. The molecule has 1 aromatic carbocycles. The number of carbonyl (C=O) groups excluding carboxylic acids is 3. The number of aromatic amines is 1. The summed E-state index contributed by atoms with van der Waals surface area (Å²) in [6.07, 6.45) is 0.768. The molecule has 0 spiro atoms. The average molecular weight is 585 g/mol. The molecular formula is C24H33N4O9PS. The predicted molar refractivity (Wildman–Crippen MR) is 143 cm³/mol. The van der Waals surface area contributed by atoms with Gasteiger partial charge in [0.05, 0.1) is 13.2 Å². The monoisotopic (exact) mass is 584 g/mol. The largest absolute Gasteiger partial charge is 0.496 e. The van der Waals surface area contributed by atoms with Gasteiger partial charge < -0.3 is 40.6 Å². The Morgan fingerprint density at radius 1 is 1.28 bits per heavy atom. The maximum atomic E-state index is 13.5. The Bertz CT molecular complexity index is 1300. The lowest BCUT2D eigenvalue weighted by Gasteiger charge is -2.28. The second kappa shape index (κ2) is 11.5. The Kier molecular flexibility index (Phi) is 8.64. The minimum Gasteiger partial charge on any atom is -0.496 e. The molecule has 0 unspecified atom stereocenters. The van der Waals surface area contributed by atoms with Crippen LogP contribution in [0.25, 0.3) is 10.9 Å². The lowest BCUT2D eigenvalue weighted by atomic mass is 9.94. The van der Waals surface area contributed by atoms with E-state index in [-0.39, 0.29) is 30.4 Å². The maximum absolute atomic E-state index is 13.5. The van der Waals surface area contributed by atoms with E-state index < -0.39 is 48.0 Å². The number of aliphatic hydroxyl groups is 1. The van der Waals surface area contributed by atoms with Crippen LogP contribution in [0.5, 0.6) is 5.75 Å². The van der Waals surface area contributed by atoms with Gasteiger partial charge in [0.15, 0.2) is 10.4 Å². The number of amides is 3. The topological polar surface area (TPSA) is 199 Å². The van der Waals surface area contributed by atoms with Crippen molar-refractivity contribution < 1.29 is 43.1 Å². The van der Waals surface area contributed by atoms with Gasteiger partial charge in [-0.2, -0.15) is 0 Å². The van der Waals surface area contributed by atoms with E-state index >= 15 is 0 Å². The summed E-state index contributed by atoms with van der Waals surface area (Å²) in [6.45, 7) is 4.21. The Morgan fingerprint density at radius 3 is 2.64 bits per heavy atom. The van der Waals surface area contributed by atoms with Crippen molar-refractivity contribution in [3.63, 3.8) is 0 Å². The highest BCUT2D eigenvalue weighted by molar-refractivity contribution is 8.08. The van der Waals surface area contributed by atoms with Crippen LogP contribution in [-0.4, -0.2) is 73.7 Å². The highest BCUT2D eigenvalue weighted by Gasteiger charge is 2.64. The number of H-pyrrole nitrogens is 1. The van der Waals surface area contributed by atoms with E-state index in [1.54, 1.807) is 24.3 Å². The molecule has 2 saturated heterocycles. The van der Waals surface area contributed by atoms with Gasteiger partial charge in [-0.15, -0.1) is 0 Å². The number of hydrogen-bond acceptors (Lipinski definition) is 8. The molecule has 0 aliphatic carbocycles. The van der Waals surface area contributed by atoms with E-state index in [1.807, 2.05) is 13.8 Å².